The Morgan fingerprint density at radius 3 is 2.28 bits per heavy atom. The van der Waals surface area contributed by atoms with Gasteiger partial charge >= 0.3 is 0 Å². The summed E-state index contributed by atoms with van der Waals surface area (Å²) in [7, 11) is 0. The Morgan fingerprint density at radius 2 is 1.72 bits per heavy atom. The largest absolute Gasteiger partial charge is 0.394 e. The van der Waals surface area contributed by atoms with Crippen molar-refractivity contribution in [2.45, 2.75) is 109 Å². The minimum absolute atomic E-state index is 0.113. The fourth-order valence-corrected chi connectivity index (χ4v) is 3.55. The number of carbonyl (C=O) groups excluding carboxylic acids is 1. The predicted molar refractivity (Wildman–Crippen MR) is 116 cm³/mol. The number of hydrogen-bond acceptors (Lipinski definition) is 9. The van der Waals surface area contributed by atoms with E-state index in [9.17, 15) is 35.4 Å². The van der Waals surface area contributed by atoms with E-state index in [1.54, 1.807) is 0 Å². The molecule has 9 atom stereocenters. The zero-order chi connectivity index (χ0) is 24.4. The van der Waals surface area contributed by atoms with Gasteiger partial charge in [0.2, 0.25) is 5.91 Å². The van der Waals surface area contributed by atoms with Crippen molar-refractivity contribution < 1.29 is 44.9 Å². The molecule has 10 heteroatoms. The number of amides is 1. The van der Waals surface area contributed by atoms with Crippen LogP contribution in [0.3, 0.4) is 0 Å². The number of aliphatic hydroxyl groups is 6. The van der Waals surface area contributed by atoms with Gasteiger partial charge in [-0.1, -0.05) is 34.1 Å². The summed E-state index contributed by atoms with van der Waals surface area (Å²) in [6, 6.07) is -0.843. The molecule has 1 amide bonds. The molecule has 0 aromatic heterocycles. The highest BCUT2D eigenvalue weighted by Gasteiger charge is 2.44. The molecule has 1 fully saturated rings. The molecular weight excluding hydrogens is 422 g/mol. The Morgan fingerprint density at radius 1 is 1.06 bits per heavy atom. The molecule has 1 aliphatic heterocycles. The van der Waals surface area contributed by atoms with Crippen molar-refractivity contribution in [3.63, 3.8) is 0 Å². The van der Waals surface area contributed by atoms with E-state index in [1.807, 2.05) is 27.7 Å². The van der Waals surface area contributed by atoms with Crippen LogP contribution in [0.1, 0.15) is 59.8 Å². The van der Waals surface area contributed by atoms with E-state index in [0.29, 0.717) is 25.2 Å². The molecule has 190 valence electrons. The lowest BCUT2D eigenvalue weighted by Gasteiger charge is -2.40. The molecule has 1 aliphatic rings. The fourth-order valence-electron chi connectivity index (χ4n) is 3.55. The molecule has 1 rings (SSSR count). The van der Waals surface area contributed by atoms with Crippen molar-refractivity contribution in [2.75, 3.05) is 13.2 Å². The van der Waals surface area contributed by atoms with Crippen LogP contribution in [-0.2, 0) is 14.3 Å². The zero-order valence-electron chi connectivity index (χ0n) is 19.6. The van der Waals surface area contributed by atoms with Crippen LogP contribution in [-0.4, -0.2) is 98.7 Å². The summed E-state index contributed by atoms with van der Waals surface area (Å²) in [5.74, 6) is 0.177. The molecular formula is C22H43NO9. The van der Waals surface area contributed by atoms with Crippen LogP contribution in [0.5, 0.6) is 0 Å². The Bertz CT molecular complexity index is 534. The normalized spacial score (nSPS) is 30.0. The molecule has 1 saturated heterocycles. The molecule has 0 bridgehead atoms. The first-order valence-electron chi connectivity index (χ1n) is 11.6. The molecule has 7 N–H and O–H groups in total. The summed E-state index contributed by atoms with van der Waals surface area (Å²) >= 11 is 0. The van der Waals surface area contributed by atoms with Crippen LogP contribution in [0.4, 0.5) is 0 Å². The van der Waals surface area contributed by atoms with E-state index in [2.05, 4.69) is 5.32 Å². The molecule has 0 aromatic rings. The second-order valence-electron chi connectivity index (χ2n) is 9.35. The highest BCUT2D eigenvalue weighted by atomic mass is 16.7. The van der Waals surface area contributed by atoms with Gasteiger partial charge in [0.05, 0.1) is 37.9 Å². The van der Waals surface area contributed by atoms with Crippen LogP contribution in [0.25, 0.3) is 0 Å². The molecule has 0 aliphatic carbocycles. The molecule has 1 heterocycles. The number of rotatable bonds is 14. The number of ether oxygens (including phenoxy) is 2. The maximum atomic E-state index is 12.5. The van der Waals surface area contributed by atoms with Gasteiger partial charge in [0.15, 0.2) is 6.29 Å². The van der Waals surface area contributed by atoms with Crippen molar-refractivity contribution in [3.8, 4) is 0 Å². The van der Waals surface area contributed by atoms with E-state index in [1.165, 1.54) is 0 Å². The SMILES string of the molecule is CCC(C)C[C@@H](O)CC(=O)N[C@@H](CO[C@H]1OC(CO)[C@H](O)[C@H](O)C1O)[C@H](O)CCC(C)C. The Hall–Kier alpha value is -0.850. The highest BCUT2D eigenvalue weighted by Crippen LogP contribution is 2.22. The minimum Gasteiger partial charge on any atom is -0.394 e. The van der Waals surface area contributed by atoms with Gasteiger partial charge in [0, 0.05) is 0 Å². The topological polar surface area (TPSA) is 169 Å². The zero-order valence-corrected chi connectivity index (χ0v) is 19.6. The van der Waals surface area contributed by atoms with Crippen LogP contribution < -0.4 is 5.32 Å². The van der Waals surface area contributed by atoms with Crippen molar-refractivity contribution in [1.82, 2.24) is 5.32 Å². The summed E-state index contributed by atoms with van der Waals surface area (Å²) in [6.45, 7) is 7.19. The molecule has 0 spiro atoms. The summed E-state index contributed by atoms with van der Waals surface area (Å²) in [5.41, 5.74) is 0. The predicted octanol–water partition coefficient (Wildman–Crippen LogP) is -0.728. The second kappa shape index (κ2) is 14.4. The van der Waals surface area contributed by atoms with Gasteiger partial charge in [-0.15, -0.1) is 0 Å². The molecule has 10 nitrogen and oxygen atoms in total. The van der Waals surface area contributed by atoms with Gasteiger partial charge in [-0.2, -0.15) is 0 Å². The van der Waals surface area contributed by atoms with Crippen molar-refractivity contribution in [1.29, 1.82) is 0 Å². The quantitative estimate of drug-likeness (QED) is 0.175. The molecule has 0 saturated carbocycles. The Balaban J connectivity index is 2.75. The monoisotopic (exact) mass is 465 g/mol. The first-order chi connectivity index (χ1) is 15.0. The van der Waals surface area contributed by atoms with Crippen LogP contribution in [0, 0.1) is 11.8 Å². The van der Waals surface area contributed by atoms with Crippen LogP contribution in [0.2, 0.25) is 0 Å². The van der Waals surface area contributed by atoms with E-state index in [4.69, 9.17) is 9.47 Å². The van der Waals surface area contributed by atoms with Gasteiger partial charge in [-0.25, -0.2) is 0 Å². The average molecular weight is 466 g/mol. The molecule has 3 unspecified atom stereocenters. The first kappa shape index (κ1) is 29.2. The van der Waals surface area contributed by atoms with Crippen LogP contribution in [0.15, 0.2) is 0 Å². The maximum Gasteiger partial charge on any atom is 0.222 e. The third-order valence-electron chi connectivity index (χ3n) is 5.93. The molecule has 0 radical (unpaired) electrons. The van der Waals surface area contributed by atoms with Crippen LogP contribution >= 0.6 is 0 Å². The maximum absolute atomic E-state index is 12.5. The summed E-state index contributed by atoms with van der Waals surface area (Å²) in [4.78, 5) is 12.5. The van der Waals surface area contributed by atoms with Gasteiger partial charge < -0.3 is 45.4 Å². The van der Waals surface area contributed by atoms with Gasteiger partial charge in [-0.3, -0.25) is 4.79 Å². The second-order valence-corrected chi connectivity index (χ2v) is 9.35. The number of nitrogens with one attached hydrogen (secondary N) is 1. The van der Waals surface area contributed by atoms with Crippen molar-refractivity contribution in [3.05, 3.63) is 0 Å². The summed E-state index contributed by atoms with van der Waals surface area (Å²) < 4.78 is 10.9. The van der Waals surface area contributed by atoms with E-state index in [0.717, 1.165) is 6.42 Å². The smallest absolute Gasteiger partial charge is 0.222 e. The standard InChI is InChI=1S/C22H43NO9/c1-5-13(4)8-14(25)9-18(27)23-15(16(26)7-6-12(2)3)11-31-22-21(30)20(29)19(28)17(10-24)32-22/h12-17,19-22,24-26,28-30H,5-11H2,1-4H3,(H,23,27)/t13?,14-,15+,16-,17?,19+,20+,21?,22+/m1/s1. The van der Waals surface area contributed by atoms with E-state index < -0.39 is 61.5 Å². The van der Waals surface area contributed by atoms with E-state index >= 15 is 0 Å². The fraction of sp³-hybridized carbons (Fsp3) is 0.955. The lowest BCUT2D eigenvalue weighted by atomic mass is 9.98. The van der Waals surface area contributed by atoms with Crippen molar-refractivity contribution >= 4 is 5.91 Å². The first-order valence-corrected chi connectivity index (χ1v) is 11.6. The van der Waals surface area contributed by atoms with Crippen molar-refractivity contribution in [2.24, 2.45) is 11.8 Å². The molecule has 32 heavy (non-hydrogen) atoms. The third-order valence-corrected chi connectivity index (χ3v) is 5.93. The lowest BCUT2D eigenvalue weighted by Crippen LogP contribution is -2.60. The number of carbonyl (C=O) groups is 1. The average Bonchev–Trinajstić information content (AvgIpc) is 2.73. The third kappa shape index (κ3) is 9.56. The number of hydrogen-bond donors (Lipinski definition) is 7. The van der Waals surface area contributed by atoms with Gasteiger partial charge in [0.25, 0.3) is 0 Å². The van der Waals surface area contributed by atoms with E-state index in [-0.39, 0.29) is 18.9 Å². The summed E-state index contributed by atoms with van der Waals surface area (Å²) in [6.07, 6.45) is -6.51. The Kier molecular flexibility index (Phi) is 13.2. The van der Waals surface area contributed by atoms with Gasteiger partial charge in [-0.05, 0) is 31.1 Å². The Labute approximate surface area is 190 Å². The summed E-state index contributed by atoms with van der Waals surface area (Å²) in [5, 5.41) is 62.7. The molecule has 0 aromatic carbocycles. The minimum atomic E-state index is -1.58. The lowest BCUT2D eigenvalue weighted by molar-refractivity contribution is -0.302. The van der Waals surface area contributed by atoms with Gasteiger partial charge in [0.1, 0.15) is 24.4 Å². The number of aliphatic hydroxyl groups excluding tert-OH is 6. The highest BCUT2D eigenvalue weighted by molar-refractivity contribution is 5.76.